The van der Waals surface area contributed by atoms with Crippen LogP contribution in [0.15, 0.2) is 48.5 Å². The molecule has 32 heavy (non-hydrogen) atoms. The van der Waals surface area contributed by atoms with E-state index in [1.54, 1.807) is 6.07 Å². The van der Waals surface area contributed by atoms with Crippen molar-refractivity contribution < 1.29 is 19.3 Å². The highest BCUT2D eigenvalue weighted by Crippen LogP contribution is 2.52. The second kappa shape index (κ2) is 6.88. The Morgan fingerprint density at radius 3 is 2.28 bits per heavy atom. The summed E-state index contributed by atoms with van der Waals surface area (Å²) in [7, 11) is 2.76. The zero-order valence-corrected chi connectivity index (χ0v) is 17.7. The lowest BCUT2D eigenvalue weighted by molar-refractivity contribution is -0.384. The number of nitro groups is 1. The monoisotopic (exact) mass is 434 g/mol. The highest BCUT2D eigenvalue weighted by atomic mass is 16.6. The summed E-state index contributed by atoms with van der Waals surface area (Å²) in [4.78, 5) is 54.5. The maximum atomic E-state index is 13.6. The predicted molar refractivity (Wildman–Crippen MR) is 115 cm³/mol. The van der Waals surface area contributed by atoms with Crippen LogP contribution in [0.1, 0.15) is 23.5 Å². The number of non-ortho nitro benzene ring substituents is 1. The first-order valence-corrected chi connectivity index (χ1v) is 10.4. The Morgan fingerprint density at radius 2 is 1.66 bits per heavy atom. The molecular formula is C23H22N4O5. The van der Waals surface area contributed by atoms with Gasteiger partial charge in [0.25, 0.3) is 5.69 Å². The van der Waals surface area contributed by atoms with E-state index >= 15 is 0 Å². The lowest BCUT2D eigenvalue weighted by atomic mass is 9.67. The molecule has 2 atom stereocenters. The molecule has 3 heterocycles. The number of nitro benzene ring substituents is 1. The summed E-state index contributed by atoms with van der Waals surface area (Å²) in [6.07, 6.45) is 0.583. The zero-order chi connectivity index (χ0) is 22.8. The highest BCUT2D eigenvalue weighted by Gasteiger charge is 2.64. The number of nitrogens with zero attached hydrogens (tertiary/aromatic N) is 4. The molecule has 0 saturated carbocycles. The minimum Gasteiger partial charge on any atom is -0.366 e. The number of amides is 4. The Kier molecular flexibility index (Phi) is 4.34. The summed E-state index contributed by atoms with van der Waals surface area (Å²) in [5.41, 5.74) is 0.872. The van der Waals surface area contributed by atoms with Gasteiger partial charge < -0.3 is 4.90 Å². The van der Waals surface area contributed by atoms with Gasteiger partial charge in [-0.1, -0.05) is 30.3 Å². The lowest BCUT2D eigenvalue weighted by Crippen LogP contribution is -2.70. The number of carbonyl (C=O) groups excluding carboxylic acids is 3. The molecular weight excluding hydrogens is 412 g/mol. The molecule has 4 amide bonds. The second-order valence-electron chi connectivity index (χ2n) is 8.74. The number of hydrogen-bond donors (Lipinski definition) is 0. The quantitative estimate of drug-likeness (QED) is 0.409. The number of anilines is 1. The van der Waals surface area contributed by atoms with Crippen molar-refractivity contribution in [2.24, 2.45) is 5.41 Å². The van der Waals surface area contributed by atoms with Crippen molar-refractivity contribution in [3.63, 3.8) is 0 Å². The van der Waals surface area contributed by atoms with E-state index in [-0.39, 0.29) is 18.0 Å². The van der Waals surface area contributed by atoms with Crippen molar-refractivity contribution in [1.29, 1.82) is 0 Å². The summed E-state index contributed by atoms with van der Waals surface area (Å²) >= 11 is 0. The molecule has 0 bridgehead atoms. The van der Waals surface area contributed by atoms with E-state index in [9.17, 15) is 24.5 Å². The number of carbonyl (C=O) groups is 3. The molecule has 164 valence electrons. The van der Waals surface area contributed by atoms with E-state index in [0.29, 0.717) is 18.5 Å². The van der Waals surface area contributed by atoms with Crippen LogP contribution in [-0.2, 0) is 16.0 Å². The summed E-state index contributed by atoms with van der Waals surface area (Å²) < 4.78 is 0. The highest BCUT2D eigenvalue weighted by molar-refractivity contribution is 6.20. The Bertz CT molecular complexity index is 1140. The predicted octanol–water partition coefficient (Wildman–Crippen LogP) is 2.55. The molecule has 3 aliphatic rings. The normalized spacial score (nSPS) is 24.1. The van der Waals surface area contributed by atoms with Gasteiger partial charge in [0.15, 0.2) is 5.41 Å². The van der Waals surface area contributed by atoms with Crippen LogP contribution < -0.4 is 4.90 Å². The van der Waals surface area contributed by atoms with Gasteiger partial charge in [-0.3, -0.25) is 29.5 Å². The van der Waals surface area contributed by atoms with E-state index in [1.807, 2.05) is 35.2 Å². The van der Waals surface area contributed by atoms with E-state index < -0.39 is 34.2 Å². The number of benzene rings is 2. The van der Waals surface area contributed by atoms with Crippen molar-refractivity contribution in [2.45, 2.75) is 24.8 Å². The van der Waals surface area contributed by atoms with Crippen molar-refractivity contribution >= 4 is 29.2 Å². The Balaban J connectivity index is 1.69. The lowest BCUT2D eigenvalue weighted by Gasteiger charge is -2.50. The van der Waals surface area contributed by atoms with Crippen LogP contribution in [0.4, 0.5) is 16.2 Å². The molecule has 2 aromatic carbocycles. The number of urea groups is 1. The summed E-state index contributed by atoms with van der Waals surface area (Å²) in [5.74, 6) is -1.02. The maximum absolute atomic E-state index is 13.6. The van der Waals surface area contributed by atoms with Crippen LogP contribution in [0.5, 0.6) is 0 Å². The van der Waals surface area contributed by atoms with Gasteiger partial charge in [-0.05, 0) is 23.6 Å². The molecule has 0 aliphatic carbocycles. The number of hydrogen-bond acceptors (Lipinski definition) is 6. The smallest absolute Gasteiger partial charge is 0.332 e. The van der Waals surface area contributed by atoms with Crippen LogP contribution in [0.2, 0.25) is 0 Å². The maximum Gasteiger partial charge on any atom is 0.332 e. The largest absolute Gasteiger partial charge is 0.366 e. The molecule has 2 aromatic rings. The topological polar surface area (TPSA) is 104 Å². The fraction of sp³-hybridized carbons (Fsp3) is 0.348. The van der Waals surface area contributed by atoms with Crippen LogP contribution in [-0.4, -0.2) is 59.3 Å². The van der Waals surface area contributed by atoms with Gasteiger partial charge in [-0.2, -0.15) is 0 Å². The average Bonchev–Trinajstić information content (AvgIpc) is 3.26. The van der Waals surface area contributed by atoms with Gasteiger partial charge in [0, 0.05) is 50.8 Å². The molecule has 1 spiro atoms. The minimum absolute atomic E-state index is 0.0202. The Morgan fingerprint density at radius 1 is 1.00 bits per heavy atom. The molecule has 9 heteroatoms. The van der Waals surface area contributed by atoms with E-state index in [4.69, 9.17) is 0 Å². The standard InChI is InChI=1S/C23H22N4O5/c1-24-20(28)23(21(29)25(2)22(24)30)12-15-10-17(27(31)32)8-9-18(15)26-13-16(11-19(23)26)14-6-4-3-5-7-14/h3-10,16,19H,11-13H2,1-2H3. The first kappa shape index (κ1) is 20.2. The summed E-state index contributed by atoms with van der Waals surface area (Å²) in [5, 5.41) is 11.4. The Labute approximate surface area is 184 Å². The summed E-state index contributed by atoms with van der Waals surface area (Å²) in [6.45, 7) is 0.573. The molecule has 5 rings (SSSR count). The fourth-order valence-electron chi connectivity index (χ4n) is 5.59. The van der Waals surface area contributed by atoms with Crippen LogP contribution >= 0.6 is 0 Å². The van der Waals surface area contributed by atoms with Crippen molar-refractivity contribution in [3.05, 3.63) is 69.8 Å². The molecule has 2 unspecified atom stereocenters. The first-order valence-electron chi connectivity index (χ1n) is 10.4. The SMILES string of the molecule is CN1C(=O)N(C)C(=O)C2(Cc3cc([N+](=O)[O-])ccc3N3CC(c4ccccc4)CC32)C1=O. The number of imide groups is 2. The van der Waals surface area contributed by atoms with Gasteiger partial charge in [0.2, 0.25) is 11.8 Å². The molecule has 0 radical (unpaired) electrons. The van der Waals surface area contributed by atoms with Crippen molar-refractivity contribution in [2.75, 3.05) is 25.5 Å². The molecule has 2 saturated heterocycles. The van der Waals surface area contributed by atoms with Crippen LogP contribution in [0.3, 0.4) is 0 Å². The van der Waals surface area contributed by atoms with Gasteiger partial charge in [0.05, 0.1) is 11.0 Å². The second-order valence-corrected chi connectivity index (χ2v) is 8.74. The average molecular weight is 434 g/mol. The molecule has 2 fully saturated rings. The Hall–Kier alpha value is -3.75. The first-order chi connectivity index (χ1) is 15.3. The third-order valence-electron chi connectivity index (χ3n) is 7.14. The van der Waals surface area contributed by atoms with Gasteiger partial charge >= 0.3 is 6.03 Å². The number of fused-ring (bicyclic) bond motifs is 4. The minimum atomic E-state index is -1.51. The fourth-order valence-corrected chi connectivity index (χ4v) is 5.59. The number of rotatable bonds is 2. The molecule has 3 aliphatic heterocycles. The third-order valence-corrected chi connectivity index (χ3v) is 7.14. The number of barbiturate groups is 1. The van der Waals surface area contributed by atoms with Crippen LogP contribution in [0, 0.1) is 15.5 Å². The third kappa shape index (κ3) is 2.60. The van der Waals surface area contributed by atoms with Gasteiger partial charge in [-0.15, -0.1) is 0 Å². The van der Waals surface area contributed by atoms with Gasteiger partial charge in [-0.25, -0.2) is 4.79 Å². The van der Waals surface area contributed by atoms with Gasteiger partial charge in [0.1, 0.15) is 0 Å². The summed E-state index contributed by atoms with van der Waals surface area (Å²) in [6, 6.07) is 13.4. The van der Waals surface area contributed by atoms with Crippen molar-refractivity contribution in [1.82, 2.24) is 9.80 Å². The zero-order valence-electron chi connectivity index (χ0n) is 17.7. The molecule has 0 aromatic heterocycles. The molecule has 0 N–H and O–H groups in total. The van der Waals surface area contributed by atoms with E-state index in [0.717, 1.165) is 21.1 Å². The van der Waals surface area contributed by atoms with Crippen molar-refractivity contribution in [3.8, 4) is 0 Å². The van der Waals surface area contributed by atoms with E-state index in [1.165, 1.54) is 26.2 Å². The van der Waals surface area contributed by atoms with E-state index in [2.05, 4.69) is 0 Å². The molecule has 9 nitrogen and oxygen atoms in total. The van der Waals surface area contributed by atoms with Crippen LogP contribution in [0.25, 0.3) is 0 Å².